The Hall–Kier alpha value is -1.88. The van der Waals surface area contributed by atoms with Crippen molar-refractivity contribution < 1.29 is 4.79 Å². The van der Waals surface area contributed by atoms with Gasteiger partial charge in [0.25, 0.3) is 0 Å². The van der Waals surface area contributed by atoms with Crippen LogP contribution in [0.3, 0.4) is 0 Å². The molecule has 1 fully saturated rings. The van der Waals surface area contributed by atoms with E-state index in [9.17, 15) is 4.79 Å². The quantitative estimate of drug-likeness (QED) is 0.934. The number of carbonyl (C=O) groups is 1. The summed E-state index contributed by atoms with van der Waals surface area (Å²) in [4.78, 5) is 20.0. The molecule has 1 aliphatic rings. The van der Waals surface area contributed by atoms with E-state index in [4.69, 9.17) is 0 Å². The van der Waals surface area contributed by atoms with Crippen molar-refractivity contribution in [2.75, 3.05) is 6.54 Å². The first-order valence-electron chi connectivity index (χ1n) is 7.73. The van der Waals surface area contributed by atoms with Crippen molar-refractivity contribution in [3.8, 4) is 0 Å². The zero-order valence-corrected chi connectivity index (χ0v) is 13.6. The Balaban J connectivity index is 1.68. The molecular weight excluding hydrogens is 294 g/mol. The van der Waals surface area contributed by atoms with E-state index in [1.54, 1.807) is 17.5 Å². The Morgan fingerprint density at radius 1 is 1.45 bits per heavy atom. The number of rotatable bonds is 3. The molecule has 1 atom stereocenters. The van der Waals surface area contributed by atoms with Crippen molar-refractivity contribution in [2.24, 2.45) is 0 Å². The summed E-state index contributed by atoms with van der Waals surface area (Å²) < 4.78 is 0. The molecule has 3 rings (SSSR count). The summed E-state index contributed by atoms with van der Waals surface area (Å²) in [5.41, 5.74) is 2.37. The van der Waals surface area contributed by atoms with Crippen molar-refractivity contribution in [3.63, 3.8) is 0 Å². The summed E-state index contributed by atoms with van der Waals surface area (Å²) in [5, 5.41) is 5.14. The first kappa shape index (κ1) is 15.0. The van der Waals surface area contributed by atoms with Gasteiger partial charge in [-0.15, -0.1) is 11.3 Å². The summed E-state index contributed by atoms with van der Waals surface area (Å²) in [6, 6.07) is 6.26. The van der Waals surface area contributed by atoms with Gasteiger partial charge in [0.1, 0.15) is 0 Å². The molecular formula is C17H21N3OS. The molecule has 2 aromatic rings. The van der Waals surface area contributed by atoms with Crippen LogP contribution in [0.1, 0.15) is 41.3 Å². The third-order valence-corrected chi connectivity index (χ3v) is 5.22. The fraction of sp³-hybridized carbons (Fsp3) is 0.412. The number of urea groups is 1. The largest absolute Gasteiger partial charge is 0.333 e. The topological polar surface area (TPSA) is 45.2 Å². The van der Waals surface area contributed by atoms with E-state index in [2.05, 4.69) is 34.7 Å². The first-order valence-corrected chi connectivity index (χ1v) is 8.61. The van der Waals surface area contributed by atoms with Crippen LogP contribution >= 0.6 is 11.3 Å². The lowest BCUT2D eigenvalue weighted by Crippen LogP contribution is -2.44. The molecule has 1 N–H and O–H groups in total. The minimum atomic E-state index is 0.0290. The van der Waals surface area contributed by atoms with Gasteiger partial charge < -0.3 is 10.2 Å². The number of piperidine rings is 1. The Bertz CT molecular complexity index is 626. The lowest BCUT2D eigenvalue weighted by atomic mass is 9.97. The predicted molar refractivity (Wildman–Crippen MR) is 88.8 cm³/mol. The van der Waals surface area contributed by atoms with E-state index in [1.807, 2.05) is 17.2 Å². The van der Waals surface area contributed by atoms with E-state index in [1.165, 1.54) is 10.4 Å². The third kappa shape index (κ3) is 3.30. The highest BCUT2D eigenvalue weighted by Crippen LogP contribution is 2.30. The third-order valence-electron chi connectivity index (χ3n) is 4.20. The van der Waals surface area contributed by atoms with E-state index in [-0.39, 0.29) is 12.1 Å². The number of nitrogens with zero attached hydrogens (tertiary/aromatic N) is 2. The molecule has 5 heteroatoms. The van der Waals surface area contributed by atoms with Crippen LogP contribution in [0.15, 0.2) is 36.0 Å². The van der Waals surface area contributed by atoms with Gasteiger partial charge in [-0.1, -0.05) is 6.07 Å². The number of carbonyl (C=O) groups excluding carboxylic acids is 1. The molecule has 0 saturated carbocycles. The zero-order valence-electron chi connectivity index (χ0n) is 12.8. The molecule has 22 heavy (non-hydrogen) atoms. The molecule has 2 amide bonds. The molecule has 4 nitrogen and oxygen atoms in total. The van der Waals surface area contributed by atoms with Gasteiger partial charge in [-0.3, -0.25) is 4.98 Å². The minimum Gasteiger partial charge on any atom is -0.333 e. The zero-order chi connectivity index (χ0) is 15.4. The van der Waals surface area contributed by atoms with Crippen LogP contribution in [0.25, 0.3) is 0 Å². The van der Waals surface area contributed by atoms with Crippen LogP contribution in [0, 0.1) is 6.92 Å². The number of hydrogen-bond acceptors (Lipinski definition) is 3. The summed E-state index contributed by atoms with van der Waals surface area (Å²) in [5.74, 6) is 0. The molecule has 2 aromatic heterocycles. The second kappa shape index (κ2) is 6.92. The summed E-state index contributed by atoms with van der Waals surface area (Å²) >= 11 is 1.69. The standard InChI is InChI=1S/C17H21N3OS/c1-13-7-10-22-16(13)12-19-17(21)20-9-3-2-6-15(20)14-5-4-8-18-11-14/h4-5,7-8,10-11,15H,2-3,6,9,12H2,1H3,(H,19,21). The highest BCUT2D eigenvalue weighted by Gasteiger charge is 2.27. The first-order chi connectivity index (χ1) is 10.8. The van der Waals surface area contributed by atoms with Gasteiger partial charge in [0.15, 0.2) is 0 Å². The van der Waals surface area contributed by atoms with Gasteiger partial charge in [0.05, 0.1) is 12.6 Å². The maximum absolute atomic E-state index is 12.6. The molecule has 0 bridgehead atoms. The van der Waals surface area contributed by atoms with E-state index < -0.39 is 0 Å². The van der Waals surface area contributed by atoms with Crippen molar-refractivity contribution in [1.29, 1.82) is 0 Å². The Labute approximate surface area is 135 Å². The van der Waals surface area contributed by atoms with Crippen LogP contribution in [0.2, 0.25) is 0 Å². The number of pyridine rings is 1. The van der Waals surface area contributed by atoms with Crippen molar-refractivity contribution in [2.45, 2.75) is 38.8 Å². The fourth-order valence-electron chi connectivity index (χ4n) is 2.94. The van der Waals surface area contributed by atoms with Crippen molar-refractivity contribution in [3.05, 3.63) is 52.0 Å². The number of thiophene rings is 1. The van der Waals surface area contributed by atoms with Crippen LogP contribution in [-0.2, 0) is 6.54 Å². The summed E-state index contributed by atoms with van der Waals surface area (Å²) in [6.45, 7) is 3.50. The maximum atomic E-state index is 12.6. The van der Waals surface area contributed by atoms with Gasteiger partial charge in [-0.25, -0.2) is 4.79 Å². The van der Waals surface area contributed by atoms with Gasteiger partial charge in [-0.05, 0) is 54.8 Å². The van der Waals surface area contributed by atoms with Gasteiger partial charge in [0.2, 0.25) is 0 Å². The second-order valence-electron chi connectivity index (χ2n) is 5.68. The van der Waals surface area contributed by atoms with Crippen LogP contribution in [0.5, 0.6) is 0 Å². The van der Waals surface area contributed by atoms with Gasteiger partial charge in [0, 0.05) is 23.8 Å². The highest BCUT2D eigenvalue weighted by atomic mass is 32.1. The predicted octanol–water partition coefficient (Wildman–Crippen LogP) is 3.89. The van der Waals surface area contributed by atoms with E-state index in [0.717, 1.165) is 31.4 Å². The number of aromatic nitrogens is 1. The molecule has 0 spiro atoms. The van der Waals surface area contributed by atoms with Crippen molar-refractivity contribution in [1.82, 2.24) is 15.2 Å². The number of likely N-dealkylation sites (tertiary alicyclic amines) is 1. The molecule has 116 valence electrons. The van der Waals surface area contributed by atoms with Crippen molar-refractivity contribution >= 4 is 17.4 Å². The fourth-order valence-corrected chi connectivity index (χ4v) is 3.78. The smallest absolute Gasteiger partial charge is 0.318 e. The number of hydrogen-bond donors (Lipinski definition) is 1. The average Bonchev–Trinajstić information content (AvgIpc) is 2.98. The van der Waals surface area contributed by atoms with E-state index >= 15 is 0 Å². The molecule has 1 aliphatic heterocycles. The summed E-state index contributed by atoms with van der Waals surface area (Å²) in [6.07, 6.45) is 6.89. The lowest BCUT2D eigenvalue weighted by molar-refractivity contribution is 0.151. The molecule has 0 aliphatic carbocycles. The van der Waals surface area contributed by atoms with Gasteiger partial charge in [-0.2, -0.15) is 0 Å². The SMILES string of the molecule is Cc1ccsc1CNC(=O)N1CCCCC1c1cccnc1. The molecule has 1 saturated heterocycles. The van der Waals surface area contributed by atoms with Crippen LogP contribution < -0.4 is 5.32 Å². The molecule has 0 aromatic carbocycles. The number of nitrogens with one attached hydrogen (secondary N) is 1. The van der Waals surface area contributed by atoms with Gasteiger partial charge >= 0.3 is 6.03 Å². The second-order valence-corrected chi connectivity index (χ2v) is 6.68. The molecule has 0 radical (unpaired) electrons. The summed E-state index contributed by atoms with van der Waals surface area (Å²) in [7, 11) is 0. The Kier molecular flexibility index (Phi) is 4.73. The highest BCUT2D eigenvalue weighted by molar-refractivity contribution is 7.10. The monoisotopic (exact) mass is 315 g/mol. The Morgan fingerprint density at radius 3 is 3.09 bits per heavy atom. The number of aryl methyl sites for hydroxylation is 1. The lowest BCUT2D eigenvalue weighted by Gasteiger charge is -2.35. The van der Waals surface area contributed by atoms with Crippen LogP contribution in [-0.4, -0.2) is 22.5 Å². The molecule has 1 unspecified atom stereocenters. The van der Waals surface area contributed by atoms with Crippen LogP contribution in [0.4, 0.5) is 4.79 Å². The normalized spacial score (nSPS) is 18.2. The van der Waals surface area contributed by atoms with E-state index in [0.29, 0.717) is 6.54 Å². The minimum absolute atomic E-state index is 0.0290. The Morgan fingerprint density at radius 2 is 2.36 bits per heavy atom. The molecule has 3 heterocycles. The number of amides is 2. The maximum Gasteiger partial charge on any atom is 0.318 e. The average molecular weight is 315 g/mol.